The van der Waals surface area contributed by atoms with Crippen molar-refractivity contribution in [3.8, 4) is 0 Å². The molecule has 118 valence electrons. The van der Waals surface area contributed by atoms with Crippen LogP contribution < -0.4 is 5.32 Å². The van der Waals surface area contributed by atoms with Crippen molar-refractivity contribution < 1.29 is 9.59 Å². The van der Waals surface area contributed by atoms with Gasteiger partial charge in [-0.25, -0.2) is 0 Å². The Labute approximate surface area is 131 Å². The molecule has 0 radical (unpaired) electrons. The molecule has 0 bridgehead atoms. The van der Waals surface area contributed by atoms with Crippen molar-refractivity contribution in [2.45, 2.75) is 31.8 Å². The third kappa shape index (κ3) is 2.99. The summed E-state index contributed by atoms with van der Waals surface area (Å²) in [7, 11) is 0. The van der Waals surface area contributed by atoms with E-state index in [0.717, 1.165) is 32.5 Å². The van der Waals surface area contributed by atoms with E-state index in [2.05, 4.69) is 12.2 Å². The number of hydrogen-bond donors (Lipinski definition) is 1. The number of amides is 2. The van der Waals surface area contributed by atoms with Gasteiger partial charge < -0.3 is 15.1 Å². The van der Waals surface area contributed by atoms with E-state index in [-0.39, 0.29) is 17.9 Å². The van der Waals surface area contributed by atoms with Crippen LogP contribution in [0.3, 0.4) is 0 Å². The minimum atomic E-state index is -0.294. The zero-order chi connectivity index (χ0) is 15.5. The summed E-state index contributed by atoms with van der Waals surface area (Å²) in [5.74, 6) is 0.0785. The smallest absolute Gasteiger partial charge is 0.254 e. The zero-order valence-electron chi connectivity index (χ0n) is 13.0. The fraction of sp³-hybridized carbons (Fsp3) is 0.529. The molecule has 5 heteroatoms. The monoisotopic (exact) mass is 301 g/mol. The minimum absolute atomic E-state index is 0.0281. The van der Waals surface area contributed by atoms with Gasteiger partial charge in [-0.05, 0) is 31.9 Å². The number of carbonyl (C=O) groups excluding carboxylic acids is 2. The molecule has 0 saturated carbocycles. The number of carbonyl (C=O) groups is 2. The van der Waals surface area contributed by atoms with Gasteiger partial charge in [0.1, 0.15) is 6.04 Å². The summed E-state index contributed by atoms with van der Waals surface area (Å²) >= 11 is 0. The maximum Gasteiger partial charge on any atom is 0.254 e. The maximum atomic E-state index is 12.8. The number of nitrogens with zero attached hydrogens (tertiary/aromatic N) is 2. The molecule has 1 aromatic carbocycles. The molecule has 2 unspecified atom stereocenters. The fourth-order valence-corrected chi connectivity index (χ4v) is 3.36. The topological polar surface area (TPSA) is 52.7 Å². The molecular weight excluding hydrogens is 278 g/mol. The molecule has 2 saturated heterocycles. The van der Waals surface area contributed by atoms with E-state index in [1.54, 1.807) is 4.90 Å². The Hall–Kier alpha value is -1.88. The largest absolute Gasteiger partial charge is 0.338 e. The maximum absolute atomic E-state index is 12.8. The second-order valence-electron chi connectivity index (χ2n) is 6.16. The van der Waals surface area contributed by atoms with Crippen molar-refractivity contribution in [3.05, 3.63) is 35.9 Å². The number of likely N-dealkylation sites (tertiary alicyclic amines) is 1. The average molecular weight is 301 g/mol. The van der Waals surface area contributed by atoms with Crippen molar-refractivity contribution in [2.24, 2.45) is 0 Å². The fourth-order valence-electron chi connectivity index (χ4n) is 3.36. The summed E-state index contributed by atoms with van der Waals surface area (Å²) in [6.45, 7) is 5.04. The van der Waals surface area contributed by atoms with Crippen LogP contribution in [0.15, 0.2) is 30.3 Å². The van der Waals surface area contributed by atoms with Gasteiger partial charge in [-0.15, -0.1) is 0 Å². The zero-order valence-corrected chi connectivity index (χ0v) is 13.0. The predicted molar refractivity (Wildman–Crippen MR) is 84.5 cm³/mol. The highest BCUT2D eigenvalue weighted by Gasteiger charge is 2.37. The Morgan fingerprint density at radius 3 is 2.68 bits per heavy atom. The highest BCUT2D eigenvalue weighted by Crippen LogP contribution is 2.22. The lowest BCUT2D eigenvalue weighted by Gasteiger charge is -2.35. The summed E-state index contributed by atoms with van der Waals surface area (Å²) < 4.78 is 0. The normalized spacial score (nSPS) is 25.3. The molecule has 0 spiro atoms. The number of nitrogens with one attached hydrogen (secondary N) is 1. The van der Waals surface area contributed by atoms with Gasteiger partial charge >= 0.3 is 0 Å². The van der Waals surface area contributed by atoms with Crippen molar-refractivity contribution in [3.63, 3.8) is 0 Å². The molecule has 2 atom stereocenters. The van der Waals surface area contributed by atoms with Gasteiger partial charge in [0.05, 0.1) is 0 Å². The number of piperazine rings is 1. The third-order valence-electron chi connectivity index (χ3n) is 4.50. The van der Waals surface area contributed by atoms with Crippen LogP contribution >= 0.6 is 0 Å². The van der Waals surface area contributed by atoms with E-state index in [4.69, 9.17) is 0 Å². The lowest BCUT2D eigenvalue weighted by atomic mass is 10.1. The molecule has 1 N–H and O–H groups in total. The van der Waals surface area contributed by atoms with Gasteiger partial charge in [0, 0.05) is 37.8 Å². The predicted octanol–water partition coefficient (Wildman–Crippen LogP) is 1.11. The van der Waals surface area contributed by atoms with Gasteiger partial charge in [0.15, 0.2) is 0 Å². The standard InChI is InChI=1S/C17H23N3O2/c1-13-12-19(11-9-18-13)17(22)15-8-5-10-20(15)16(21)14-6-3-2-4-7-14/h2-4,6-7,13,15,18H,5,8-12H2,1H3. The Kier molecular flexibility index (Phi) is 4.43. The highest BCUT2D eigenvalue weighted by atomic mass is 16.2. The molecular formula is C17H23N3O2. The lowest BCUT2D eigenvalue weighted by molar-refractivity contribution is -0.136. The van der Waals surface area contributed by atoms with Gasteiger partial charge in [0.2, 0.25) is 5.91 Å². The van der Waals surface area contributed by atoms with Crippen LogP contribution in [0, 0.1) is 0 Å². The van der Waals surface area contributed by atoms with E-state index in [9.17, 15) is 9.59 Å². The van der Waals surface area contributed by atoms with E-state index < -0.39 is 0 Å². The molecule has 2 aliphatic heterocycles. The Bertz CT molecular complexity index is 546. The summed E-state index contributed by atoms with van der Waals surface area (Å²) in [5.41, 5.74) is 0.663. The van der Waals surface area contributed by atoms with Gasteiger partial charge in [-0.1, -0.05) is 18.2 Å². The molecule has 0 aliphatic carbocycles. The van der Waals surface area contributed by atoms with Gasteiger partial charge in [-0.3, -0.25) is 9.59 Å². The first kappa shape index (κ1) is 15.0. The molecule has 2 heterocycles. The van der Waals surface area contributed by atoms with E-state index >= 15 is 0 Å². The number of benzene rings is 1. The molecule has 0 aromatic heterocycles. The average Bonchev–Trinajstić information content (AvgIpc) is 3.04. The Morgan fingerprint density at radius 2 is 1.95 bits per heavy atom. The summed E-state index contributed by atoms with van der Waals surface area (Å²) in [5, 5.41) is 3.34. The molecule has 2 amide bonds. The van der Waals surface area contributed by atoms with Gasteiger partial charge in [0.25, 0.3) is 5.91 Å². The van der Waals surface area contributed by atoms with Crippen molar-refractivity contribution in [2.75, 3.05) is 26.2 Å². The molecule has 22 heavy (non-hydrogen) atoms. The first-order valence-corrected chi connectivity index (χ1v) is 8.05. The van der Waals surface area contributed by atoms with Crippen LogP contribution in [-0.2, 0) is 4.79 Å². The molecule has 2 fully saturated rings. The molecule has 1 aromatic rings. The third-order valence-corrected chi connectivity index (χ3v) is 4.50. The summed E-state index contributed by atoms with van der Waals surface area (Å²) in [6, 6.07) is 9.27. The van der Waals surface area contributed by atoms with Crippen LogP contribution in [-0.4, -0.2) is 59.9 Å². The minimum Gasteiger partial charge on any atom is -0.338 e. The second kappa shape index (κ2) is 6.48. The molecule has 3 rings (SSSR count). The first-order valence-electron chi connectivity index (χ1n) is 8.05. The summed E-state index contributed by atoms with van der Waals surface area (Å²) in [4.78, 5) is 29.1. The van der Waals surface area contributed by atoms with Crippen LogP contribution in [0.4, 0.5) is 0 Å². The van der Waals surface area contributed by atoms with Crippen molar-refractivity contribution >= 4 is 11.8 Å². The first-order chi connectivity index (χ1) is 10.7. The van der Waals surface area contributed by atoms with Crippen LogP contribution in [0.25, 0.3) is 0 Å². The number of rotatable bonds is 2. The molecule has 5 nitrogen and oxygen atoms in total. The number of hydrogen-bond acceptors (Lipinski definition) is 3. The lowest BCUT2D eigenvalue weighted by Crippen LogP contribution is -2.56. The quantitative estimate of drug-likeness (QED) is 0.890. The van der Waals surface area contributed by atoms with E-state index in [0.29, 0.717) is 18.2 Å². The van der Waals surface area contributed by atoms with E-state index in [1.807, 2.05) is 35.2 Å². The summed E-state index contributed by atoms with van der Waals surface area (Å²) in [6.07, 6.45) is 1.67. The van der Waals surface area contributed by atoms with E-state index in [1.165, 1.54) is 0 Å². The highest BCUT2D eigenvalue weighted by molar-refractivity contribution is 5.98. The SMILES string of the molecule is CC1CN(C(=O)C2CCCN2C(=O)c2ccccc2)CCN1. The Morgan fingerprint density at radius 1 is 1.18 bits per heavy atom. The Balaban J connectivity index is 1.72. The van der Waals surface area contributed by atoms with Crippen LogP contribution in [0.1, 0.15) is 30.1 Å². The second-order valence-corrected chi connectivity index (χ2v) is 6.16. The van der Waals surface area contributed by atoms with Crippen molar-refractivity contribution in [1.82, 2.24) is 15.1 Å². The van der Waals surface area contributed by atoms with Crippen LogP contribution in [0.2, 0.25) is 0 Å². The van der Waals surface area contributed by atoms with Crippen LogP contribution in [0.5, 0.6) is 0 Å². The van der Waals surface area contributed by atoms with Crippen molar-refractivity contribution in [1.29, 1.82) is 0 Å². The molecule has 2 aliphatic rings. The van der Waals surface area contributed by atoms with Gasteiger partial charge in [-0.2, -0.15) is 0 Å².